The average Bonchev–Trinajstić information content (AvgIpc) is 3.33. The first kappa shape index (κ1) is 20.7. The Hall–Kier alpha value is -4.62. The largest absolute Gasteiger partial charge is 0.354 e. The molecule has 1 N–H and O–H groups in total. The molecule has 1 aliphatic rings. The minimum absolute atomic E-state index is 0.924. The Bertz CT molecular complexity index is 1710. The molecular formula is C35H25N. The lowest BCUT2D eigenvalue weighted by molar-refractivity contribution is 1.26. The van der Waals surface area contributed by atoms with Gasteiger partial charge < -0.3 is 5.32 Å². The van der Waals surface area contributed by atoms with E-state index < -0.39 is 0 Å². The average molecular weight is 460 g/mol. The van der Waals surface area contributed by atoms with Crippen molar-refractivity contribution < 1.29 is 0 Å². The summed E-state index contributed by atoms with van der Waals surface area (Å²) in [7, 11) is 0. The highest BCUT2D eigenvalue weighted by Crippen LogP contribution is 2.50. The van der Waals surface area contributed by atoms with Crippen LogP contribution in [0.25, 0.3) is 44.2 Å². The lowest BCUT2D eigenvalue weighted by atomic mass is 9.87. The van der Waals surface area contributed by atoms with Gasteiger partial charge in [0.05, 0.1) is 5.69 Å². The van der Waals surface area contributed by atoms with Crippen LogP contribution in [-0.4, -0.2) is 0 Å². The second-order valence-corrected chi connectivity index (χ2v) is 9.42. The monoisotopic (exact) mass is 459 g/mol. The number of hydrogen-bond donors (Lipinski definition) is 1. The second kappa shape index (κ2) is 8.55. The number of anilines is 2. The van der Waals surface area contributed by atoms with Gasteiger partial charge in [0.15, 0.2) is 0 Å². The highest BCUT2D eigenvalue weighted by atomic mass is 14.9. The van der Waals surface area contributed by atoms with E-state index in [1.54, 1.807) is 0 Å². The number of benzene rings is 6. The first-order chi connectivity index (χ1) is 17.9. The van der Waals surface area contributed by atoms with Gasteiger partial charge in [-0.15, -0.1) is 0 Å². The van der Waals surface area contributed by atoms with Crippen molar-refractivity contribution in [3.05, 3.63) is 145 Å². The molecule has 0 saturated carbocycles. The molecule has 0 atom stereocenters. The van der Waals surface area contributed by atoms with Gasteiger partial charge >= 0.3 is 0 Å². The van der Waals surface area contributed by atoms with Crippen molar-refractivity contribution in [1.29, 1.82) is 0 Å². The van der Waals surface area contributed by atoms with Crippen LogP contribution in [0.3, 0.4) is 0 Å². The van der Waals surface area contributed by atoms with Crippen LogP contribution >= 0.6 is 0 Å². The van der Waals surface area contributed by atoms with E-state index in [0.717, 1.165) is 12.1 Å². The van der Waals surface area contributed by atoms with Gasteiger partial charge in [-0.05, 0) is 56.5 Å². The van der Waals surface area contributed by atoms with E-state index >= 15 is 0 Å². The van der Waals surface area contributed by atoms with Gasteiger partial charge in [0.2, 0.25) is 0 Å². The molecule has 0 spiro atoms. The Labute approximate surface area is 211 Å². The Morgan fingerprint density at radius 3 is 2.00 bits per heavy atom. The third kappa shape index (κ3) is 3.40. The topological polar surface area (TPSA) is 12.0 Å². The summed E-state index contributed by atoms with van der Waals surface area (Å²) in [6.07, 6.45) is 0.924. The summed E-state index contributed by atoms with van der Waals surface area (Å²) >= 11 is 0. The molecule has 1 nitrogen and oxygen atoms in total. The molecule has 7 rings (SSSR count). The molecule has 0 amide bonds. The van der Waals surface area contributed by atoms with Gasteiger partial charge in [-0.2, -0.15) is 0 Å². The van der Waals surface area contributed by atoms with E-state index in [1.807, 2.05) is 0 Å². The maximum Gasteiger partial charge on any atom is 0.0512 e. The Morgan fingerprint density at radius 2 is 1.17 bits per heavy atom. The fraction of sp³-hybridized carbons (Fsp3) is 0.0286. The molecule has 0 fully saturated rings. The van der Waals surface area contributed by atoms with E-state index in [2.05, 4.69) is 139 Å². The molecule has 0 unspecified atom stereocenters. The van der Waals surface area contributed by atoms with Crippen LogP contribution in [0.2, 0.25) is 0 Å². The van der Waals surface area contributed by atoms with E-state index in [4.69, 9.17) is 0 Å². The normalized spacial score (nSPS) is 11.8. The lowest BCUT2D eigenvalue weighted by Gasteiger charge is -2.22. The van der Waals surface area contributed by atoms with Crippen molar-refractivity contribution in [3.8, 4) is 33.4 Å². The van der Waals surface area contributed by atoms with Crippen molar-refractivity contribution in [1.82, 2.24) is 0 Å². The Balaban J connectivity index is 1.56. The van der Waals surface area contributed by atoms with E-state index in [0.29, 0.717) is 0 Å². The van der Waals surface area contributed by atoms with Gasteiger partial charge in [-0.1, -0.05) is 121 Å². The standard InChI is InChI=1S/C35H25N/c1-3-12-25(13-4-1)30-23-31-28-19-9-8-17-27(28)22-32(31)35(34(30)26-15-5-2-6-16-26)36-33-21-11-18-24-14-7-10-20-29(24)33/h1-21,23,36H,22H2. The third-order valence-corrected chi connectivity index (χ3v) is 7.31. The van der Waals surface area contributed by atoms with Crippen LogP contribution in [0.5, 0.6) is 0 Å². The zero-order valence-corrected chi connectivity index (χ0v) is 19.9. The van der Waals surface area contributed by atoms with E-state index in [1.165, 1.54) is 61.0 Å². The minimum atomic E-state index is 0.924. The zero-order valence-electron chi connectivity index (χ0n) is 19.9. The van der Waals surface area contributed by atoms with Crippen LogP contribution < -0.4 is 5.32 Å². The van der Waals surface area contributed by atoms with Crippen molar-refractivity contribution in [3.63, 3.8) is 0 Å². The summed E-state index contributed by atoms with van der Waals surface area (Å²) in [4.78, 5) is 0. The summed E-state index contributed by atoms with van der Waals surface area (Å²) in [6, 6.07) is 48.0. The molecule has 1 aliphatic carbocycles. The van der Waals surface area contributed by atoms with Gasteiger partial charge in [0.1, 0.15) is 0 Å². The van der Waals surface area contributed by atoms with Crippen LogP contribution in [0.15, 0.2) is 133 Å². The molecule has 0 saturated heterocycles. The van der Waals surface area contributed by atoms with Crippen molar-refractivity contribution in [2.75, 3.05) is 5.32 Å². The van der Waals surface area contributed by atoms with E-state index in [9.17, 15) is 0 Å². The zero-order chi connectivity index (χ0) is 23.9. The maximum absolute atomic E-state index is 3.96. The molecule has 0 heterocycles. The molecule has 36 heavy (non-hydrogen) atoms. The van der Waals surface area contributed by atoms with Crippen molar-refractivity contribution in [2.45, 2.75) is 6.42 Å². The van der Waals surface area contributed by atoms with Gasteiger partial charge in [0.25, 0.3) is 0 Å². The molecular weight excluding hydrogens is 434 g/mol. The Kier molecular flexibility index (Phi) is 4.92. The first-order valence-electron chi connectivity index (χ1n) is 12.5. The van der Waals surface area contributed by atoms with Crippen LogP contribution in [0.1, 0.15) is 11.1 Å². The third-order valence-electron chi connectivity index (χ3n) is 7.31. The maximum atomic E-state index is 3.96. The summed E-state index contributed by atoms with van der Waals surface area (Å²) in [5.41, 5.74) is 12.7. The molecule has 0 aliphatic heterocycles. The molecule has 170 valence electrons. The number of nitrogens with one attached hydrogen (secondary N) is 1. The number of fused-ring (bicyclic) bond motifs is 4. The molecule has 6 aromatic rings. The molecule has 0 aromatic heterocycles. The predicted molar refractivity (Wildman–Crippen MR) is 153 cm³/mol. The number of rotatable bonds is 4. The summed E-state index contributed by atoms with van der Waals surface area (Å²) in [6.45, 7) is 0. The van der Waals surface area contributed by atoms with Crippen LogP contribution in [-0.2, 0) is 6.42 Å². The number of hydrogen-bond acceptors (Lipinski definition) is 1. The highest BCUT2D eigenvalue weighted by Gasteiger charge is 2.27. The first-order valence-corrected chi connectivity index (χ1v) is 12.5. The van der Waals surface area contributed by atoms with Crippen molar-refractivity contribution in [2.24, 2.45) is 0 Å². The summed E-state index contributed by atoms with van der Waals surface area (Å²) < 4.78 is 0. The van der Waals surface area contributed by atoms with Crippen molar-refractivity contribution >= 4 is 22.1 Å². The second-order valence-electron chi connectivity index (χ2n) is 9.42. The molecule has 6 aromatic carbocycles. The Morgan fingerprint density at radius 1 is 0.500 bits per heavy atom. The fourth-order valence-electron chi connectivity index (χ4n) is 5.63. The predicted octanol–water partition coefficient (Wildman–Crippen LogP) is 9.49. The molecule has 1 heteroatoms. The van der Waals surface area contributed by atoms with E-state index in [-0.39, 0.29) is 0 Å². The molecule has 0 bridgehead atoms. The van der Waals surface area contributed by atoms with Gasteiger partial charge in [-0.25, -0.2) is 0 Å². The quantitative estimate of drug-likeness (QED) is 0.276. The highest BCUT2D eigenvalue weighted by molar-refractivity contribution is 6.03. The lowest BCUT2D eigenvalue weighted by Crippen LogP contribution is -2.01. The van der Waals surface area contributed by atoms with Gasteiger partial charge in [-0.3, -0.25) is 0 Å². The minimum Gasteiger partial charge on any atom is -0.354 e. The molecule has 0 radical (unpaired) electrons. The van der Waals surface area contributed by atoms with Gasteiger partial charge in [0, 0.05) is 23.1 Å². The fourth-order valence-corrected chi connectivity index (χ4v) is 5.63. The summed E-state index contributed by atoms with van der Waals surface area (Å²) in [5.74, 6) is 0. The SMILES string of the molecule is c1ccc(-c2cc3c(c(Nc4cccc5ccccc45)c2-c2ccccc2)Cc2ccccc2-3)cc1. The van der Waals surface area contributed by atoms with Crippen LogP contribution in [0, 0.1) is 0 Å². The smallest absolute Gasteiger partial charge is 0.0512 e. The summed E-state index contributed by atoms with van der Waals surface area (Å²) in [5, 5.41) is 6.43. The van der Waals surface area contributed by atoms with Crippen LogP contribution in [0.4, 0.5) is 11.4 Å².